The van der Waals surface area contributed by atoms with Crippen molar-refractivity contribution < 1.29 is 0 Å². The van der Waals surface area contributed by atoms with Crippen LogP contribution in [0.5, 0.6) is 0 Å². The van der Waals surface area contributed by atoms with Gasteiger partial charge in [0.15, 0.2) is 0 Å². The molecule has 0 aromatic heterocycles. The minimum absolute atomic E-state index is 1.32. The lowest BCUT2D eigenvalue weighted by atomic mass is 10.2. The van der Waals surface area contributed by atoms with E-state index in [1.807, 2.05) is 32.0 Å². The SMILES string of the molecule is C=CP.CC.Cc1ccccc1. The second-order valence-corrected chi connectivity index (χ2v) is 2.36. The van der Waals surface area contributed by atoms with Gasteiger partial charge in [-0.2, -0.15) is 0 Å². The van der Waals surface area contributed by atoms with Crippen molar-refractivity contribution in [2.45, 2.75) is 20.8 Å². The molecule has 0 spiro atoms. The molecule has 1 aromatic rings. The van der Waals surface area contributed by atoms with Crippen molar-refractivity contribution in [3.8, 4) is 0 Å². The van der Waals surface area contributed by atoms with Crippen LogP contribution in [0.15, 0.2) is 42.7 Å². The second kappa shape index (κ2) is 13.0. The topological polar surface area (TPSA) is 0 Å². The van der Waals surface area contributed by atoms with E-state index in [1.54, 1.807) is 5.82 Å². The molecule has 0 saturated heterocycles. The molecule has 0 nitrogen and oxygen atoms in total. The normalized spacial score (nSPS) is 6.67. The highest BCUT2D eigenvalue weighted by atomic mass is 31.0. The third kappa shape index (κ3) is 12.1. The monoisotopic (exact) mass is 182 g/mol. The van der Waals surface area contributed by atoms with Crippen molar-refractivity contribution in [2.24, 2.45) is 0 Å². The molecule has 0 saturated carbocycles. The molecule has 0 N–H and O–H groups in total. The van der Waals surface area contributed by atoms with Crippen LogP contribution in [0.4, 0.5) is 0 Å². The minimum Gasteiger partial charge on any atom is -0.114 e. The van der Waals surface area contributed by atoms with Gasteiger partial charge in [-0.1, -0.05) is 62.1 Å². The van der Waals surface area contributed by atoms with Crippen LogP contribution in [0.25, 0.3) is 0 Å². The predicted octanol–water partition coefficient (Wildman–Crippen LogP) is 4.03. The Morgan fingerprint density at radius 1 is 1.17 bits per heavy atom. The van der Waals surface area contributed by atoms with Crippen LogP contribution in [0.3, 0.4) is 0 Å². The fourth-order valence-electron chi connectivity index (χ4n) is 0.534. The maximum atomic E-state index is 3.32. The number of rotatable bonds is 0. The van der Waals surface area contributed by atoms with Gasteiger partial charge in [0.05, 0.1) is 0 Å². The molecule has 0 amide bonds. The average molecular weight is 182 g/mol. The van der Waals surface area contributed by atoms with Gasteiger partial charge in [-0.15, -0.1) is 9.24 Å². The van der Waals surface area contributed by atoms with Gasteiger partial charge in [0.2, 0.25) is 0 Å². The highest BCUT2D eigenvalue weighted by Gasteiger charge is 1.72. The smallest absolute Gasteiger partial charge is 0.0398 e. The molecule has 0 bridgehead atoms. The summed E-state index contributed by atoms with van der Waals surface area (Å²) in [5.41, 5.74) is 1.32. The quantitative estimate of drug-likeness (QED) is 0.531. The Morgan fingerprint density at radius 3 is 1.67 bits per heavy atom. The molecule has 68 valence electrons. The molecule has 0 radical (unpaired) electrons. The molecule has 12 heavy (non-hydrogen) atoms. The van der Waals surface area contributed by atoms with Gasteiger partial charge in [0.1, 0.15) is 0 Å². The summed E-state index contributed by atoms with van der Waals surface area (Å²) in [5, 5.41) is 0. The van der Waals surface area contributed by atoms with Gasteiger partial charge >= 0.3 is 0 Å². The molecule has 1 unspecified atom stereocenters. The van der Waals surface area contributed by atoms with E-state index < -0.39 is 0 Å². The lowest BCUT2D eigenvalue weighted by Crippen LogP contribution is -1.62. The van der Waals surface area contributed by atoms with E-state index in [0.29, 0.717) is 0 Å². The van der Waals surface area contributed by atoms with E-state index in [0.717, 1.165) is 0 Å². The number of benzene rings is 1. The minimum atomic E-state index is 1.32. The molecule has 0 aliphatic carbocycles. The fraction of sp³-hybridized carbons (Fsp3) is 0.273. The van der Waals surface area contributed by atoms with E-state index in [1.165, 1.54) is 5.56 Å². The molecule has 1 rings (SSSR count). The van der Waals surface area contributed by atoms with Crippen LogP contribution < -0.4 is 0 Å². The Hall–Kier alpha value is -0.610. The zero-order chi connectivity index (χ0) is 9.82. The van der Waals surface area contributed by atoms with Crippen LogP contribution >= 0.6 is 9.24 Å². The summed E-state index contributed by atoms with van der Waals surface area (Å²) >= 11 is 0. The third-order valence-electron chi connectivity index (χ3n) is 0.940. The highest BCUT2D eigenvalue weighted by molar-refractivity contribution is 7.20. The molecular weight excluding hydrogens is 163 g/mol. The van der Waals surface area contributed by atoms with Gasteiger partial charge in [0, 0.05) is 0 Å². The lowest BCUT2D eigenvalue weighted by molar-refractivity contribution is 1.48. The molecule has 0 aliphatic heterocycles. The first kappa shape index (κ1) is 13.9. The van der Waals surface area contributed by atoms with Crippen LogP contribution in [0, 0.1) is 6.92 Å². The molecule has 1 heteroatoms. The van der Waals surface area contributed by atoms with Crippen LogP contribution in [0.2, 0.25) is 0 Å². The maximum Gasteiger partial charge on any atom is -0.0398 e. The van der Waals surface area contributed by atoms with E-state index in [9.17, 15) is 0 Å². The third-order valence-corrected chi connectivity index (χ3v) is 0.940. The van der Waals surface area contributed by atoms with Crippen LogP contribution in [-0.2, 0) is 0 Å². The Bertz CT molecular complexity index is 168. The van der Waals surface area contributed by atoms with Gasteiger partial charge in [0.25, 0.3) is 0 Å². The Balaban J connectivity index is 0. The summed E-state index contributed by atoms with van der Waals surface area (Å²) in [6.07, 6.45) is 0. The van der Waals surface area contributed by atoms with Gasteiger partial charge in [-0.25, -0.2) is 0 Å². The maximum absolute atomic E-state index is 3.32. The molecule has 0 aliphatic rings. The van der Waals surface area contributed by atoms with Gasteiger partial charge in [-0.3, -0.25) is 0 Å². The van der Waals surface area contributed by atoms with E-state index in [4.69, 9.17) is 0 Å². The van der Waals surface area contributed by atoms with Crippen molar-refractivity contribution in [1.29, 1.82) is 0 Å². The van der Waals surface area contributed by atoms with Crippen LogP contribution in [0.1, 0.15) is 19.4 Å². The van der Waals surface area contributed by atoms with E-state index >= 15 is 0 Å². The summed E-state index contributed by atoms with van der Waals surface area (Å²) in [4.78, 5) is 0. The first-order valence-electron chi connectivity index (χ1n) is 4.15. The van der Waals surface area contributed by atoms with Crippen molar-refractivity contribution in [1.82, 2.24) is 0 Å². The lowest BCUT2D eigenvalue weighted by Gasteiger charge is -1.82. The zero-order valence-corrected chi connectivity index (χ0v) is 9.40. The number of aryl methyl sites for hydroxylation is 1. The van der Waals surface area contributed by atoms with Crippen molar-refractivity contribution in [3.63, 3.8) is 0 Å². The van der Waals surface area contributed by atoms with Crippen molar-refractivity contribution in [3.05, 3.63) is 48.3 Å². The molecule has 1 aromatic carbocycles. The fourth-order valence-corrected chi connectivity index (χ4v) is 0.534. The summed E-state index contributed by atoms with van der Waals surface area (Å²) in [7, 11) is 2.34. The largest absolute Gasteiger partial charge is 0.114 e. The summed E-state index contributed by atoms with van der Waals surface area (Å²) < 4.78 is 0. The molecule has 1 atom stereocenters. The van der Waals surface area contributed by atoms with Gasteiger partial charge in [-0.05, 0) is 6.92 Å². The average Bonchev–Trinajstić information content (AvgIpc) is 2.11. The van der Waals surface area contributed by atoms with E-state index in [-0.39, 0.29) is 0 Å². The summed E-state index contributed by atoms with van der Waals surface area (Å²) in [6, 6.07) is 10.3. The summed E-state index contributed by atoms with van der Waals surface area (Å²) in [6.45, 7) is 9.41. The highest BCUT2D eigenvalue weighted by Crippen LogP contribution is 1.92. The number of hydrogen-bond acceptors (Lipinski definition) is 0. The molecule has 0 fully saturated rings. The second-order valence-electron chi connectivity index (χ2n) is 1.89. The Kier molecular flexibility index (Phi) is 15.1. The van der Waals surface area contributed by atoms with Crippen molar-refractivity contribution >= 4 is 9.24 Å². The van der Waals surface area contributed by atoms with E-state index in [2.05, 4.69) is 34.9 Å². The standard InChI is InChI=1S/C7H8.C2H5P.C2H6/c1-7-5-3-2-4-6-7;1-2-3;1-2/h2-6H,1H3;2H,1,3H2;1-2H3. The van der Waals surface area contributed by atoms with Gasteiger partial charge < -0.3 is 0 Å². The number of hydrogen-bond donors (Lipinski definition) is 0. The first-order valence-corrected chi connectivity index (χ1v) is 4.82. The summed E-state index contributed by atoms with van der Waals surface area (Å²) in [5.74, 6) is 1.67. The Morgan fingerprint density at radius 2 is 1.50 bits per heavy atom. The first-order chi connectivity index (χ1) is 5.81. The predicted molar refractivity (Wildman–Crippen MR) is 62.4 cm³/mol. The zero-order valence-electron chi connectivity index (χ0n) is 8.25. The Labute approximate surface area is 78.9 Å². The molecular formula is C11H19P. The molecule has 0 heterocycles. The van der Waals surface area contributed by atoms with Crippen LogP contribution in [-0.4, -0.2) is 0 Å². The van der Waals surface area contributed by atoms with Crippen molar-refractivity contribution in [2.75, 3.05) is 0 Å².